The third-order valence-corrected chi connectivity index (χ3v) is 9.65. The summed E-state index contributed by atoms with van der Waals surface area (Å²) in [5.74, 6) is 1.44. The second-order valence-corrected chi connectivity index (χ2v) is 12.6. The van der Waals surface area contributed by atoms with Gasteiger partial charge in [-0.3, -0.25) is 0 Å². The highest BCUT2D eigenvalue weighted by molar-refractivity contribution is 7.89. The van der Waals surface area contributed by atoms with Crippen LogP contribution in [0.1, 0.15) is 44.2 Å². The Bertz CT molecular complexity index is 1330. The zero-order valence-corrected chi connectivity index (χ0v) is 22.5. The van der Waals surface area contributed by atoms with Crippen LogP contribution in [-0.4, -0.2) is 66.2 Å². The van der Waals surface area contributed by atoms with E-state index in [4.69, 9.17) is 4.74 Å². The van der Waals surface area contributed by atoms with E-state index in [2.05, 4.69) is 38.9 Å². The van der Waals surface area contributed by atoms with Crippen molar-refractivity contribution in [1.82, 2.24) is 19.3 Å². The largest absolute Gasteiger partial charge is 0.470 e. The Balaban J connectivity index is 1.15. The van der Waals surface area contributed by atoms with Gasteiger partial charge in [0.25, 0.3) is 5.19 Å². The molecular weight excluding hydrogens is 494 g/mol. The average molecular weight is 528 g/mol. The van der Waals surface area contributed by atoms with E-state index < -0.39 is 10.0 Å². The average Bonchev–Trinajstić information content (AvgIpc) is 3.26. The number of hydrogen-bond acceptors (Lipinski definition) is 8. The van der Waals surface area contributed by atoms with Crippen LogP contribution in [0.2, 0.25) is 0 Å². The molecule has 0 N–H and O–H groups in total. The van der Waals surface area contributed by atoms with Gasteiger partial charge in [-0.15, -0.1) is 0 Å². The van der Waals surface area contributed by atoms with Gasteiger partial charge >= 0.3 is 0 Å². The van der Waals surface area contributed by atoms with Gasteiger partial charge in [-0.1, -0.05) is 43.7 Å². The molecule has 36 heavy (non-hydrogen) atoms. The van der Waals surface area contributed by atoms with Crippen LogP contribution >= 0.6 is 11.3 Å². The Morgan fingerprint density at radius 1 is 1.14 bits per heavy atom. The van der Waals surface area contributed by atoms with Gasteiger partial charge in [0.2, 0.25) is 16.0 Å². The lowest BCUT2D eigenvalue weighted by molar-refractivity contribution is 0.219. The zero-order valence-electron chi connectivity index (χ0n) is 20.9. The van der Waals surface area contributed by atoms with Crippen LogP contribution in [0.3, 0.4) is 0 Å². The number of benzene rings is 1. The van der Waals surface area contributed by atoms with Gasteiger partial charge in [0, 0.05) is 44.5 Å². The van der Waals surface area contributed by atoms with Crippen molar-refractivity contribution in [3.05, 3.63) is 47.8 Å². The summed E-state index contributed by atoms with van der Waals surface area (Å²) in [5.41, 5.74) is 4.43. The molecule has 0 aliphatic carbocycles. The SMILES string of the molecule is CCCc1cnc(N2CC(COc3nc4ccc(C5=CCN(S(=O)(=O)CCC)CC5)cc4s3)C2)nc1. The molecule has 5 rings (SSSR count). The lowest BCUT2D eigenvalue weighted by atomic mass is 10.0. The third-order valence-electron chi connectivity index (χ3n) is 6.68. The van der Waals surface area contributed by atoms with Crippen LogP contribution in [-0.2, 0) is 16.4 Å². The molecule has 0 saturated carbocycles. The monoisotopic (exact) mass is 527 g/mol. The molecule has 2 aromatic heterocycles. The Morgan fingerprint density at radius 2 is 1.94 bits per heavy atom. The number of nitrogens with zero attached hydrogens (tertiary/aromatic N) is 5. The molecule has 0 unspecified atom stereocenters. The van der Waals surface area contributed by atoms with Gasteiger partial charge in [0.15, 0.2) is 0 Å². The molecular formula is C26H33N5O3S2. The van der Waals surface area contributed by atoms with E-state index in [1.54, 1.807) is 15.6 Å². The number of hydrogen-bond donors (Lipinski definition) is 0. The molecule has 3 aromatic rings. The molecule has 2 aliphatic heterocycles. The van der Waals surface area contributed by atoms with Gasteiger partial charge in [-0.25, -0.2) is 23.4 Å². The summed E-state index contributed by atoms with van der Waals surface area (Å²) in [6, 6.07) is 6.25. The van der Waals surface area contributed by atoms with Crippen molar-refractivity contribution < 1.29 is 13.2 Å². The van der Waals surface area contributed by atoms with Crippen molar-refractivity contribution in [2.75, 3.05) is 43.4 Å². The highest BCUT2D eigenvalue weighted by Gasteiger charge is 2.29. The van der Waals surface area contributed by atoms with E-state index in [0.717, 1.165) is 54.1 Å². The van der Waals surface area contributed by atoms with Crippen molar-refractivity contribution >= 4 is 43.1 Å². The minimum Gasteiger partial charge on any atom is -0.470 e. The van der Waals surface area contributed by atoms with Crippen LogP contribution in [0.4, 0.5) is 5.95 Å². The van der Waals surface area contributed by atoms with Crippen molar-refractivity contribution in [3.8, 4) is 5.19 Å². The Labute approximate surface area is 217 Å². The molecule has 4 heterocycles. The molecule has 0 radical (unpaired) electrons. The van der Waals surface area contributed by atoms with Crippen LogP contribution < -0.4 is 9.64 Å². The molecule has 8 nitrogen and oxygen atoms in total. The van der Waals surface area contributed by atoms with Crippen LogP contribution in [0.15, 0.2) is 36.7 Å². The highest BCUT2D eigenvalue weighted by atomic mass is 32.2. The first-order valence-electron chi connectivity index (χ1n) is 12.7. The summed E-state index contributed by atoms with van der Waals surface area (Å²) in [4.78, 5) is 15.8. The maximum atomic E-state index is 12.3. The first-order valence-corrected chi connectivity index (χ1v) is 15.1. The quantitative estimate of drug-likeness (QED) is 0.387. The summed E-state index contributed by atoms with van der Waals surface area (Å²) >= 11 is 1.56. The van der Waals surface area contributed by atoms with E-state index in [0.29, 0.717) is 37.2 Å². The predicted octanol–water partition coefficient (Wildman–Crippen LogP) is 4.38. The zero-order chi connectivity index (χ0) is 25.1. The Morgan fingerprint density at radius 3 is 2.64 bits per heavy atom. The number of anilines is 1. The van der Waals surface area contributed by atoms with Crippen molar-refractivity contribution in [2.45, 2.75) is 39.5 Å². The van der Waals surface area contributed by atoms with Gasteiger partial charge in [0.05, 0.1) is 22.6 Å². The lowest BCUT2D eigenvalue weighted by Gasteiger charge is -2.38. The van der Waals surface area contributed by atoms with E-state index in [1.807, 2.05) is 31.5 Å². The van der Waals surface area contributed by atoms with Crippen molar-refractivity contribution in [1.29, 1.82) is 0 Å². The van der Waals surface area contributed by atoms with Crippen molar-refractivity contribution in [3.63, 3.8) is 0 Å². The molecule has 0 atom stereocenters. The predicted molar refractivity (Wildman–Crippen MR) is 145 cm³/mol. The standard InChI is InChI=1S/C26H33N5O3S2/c1-3-5-19-14-27-25(28-15-19)30-16-20(17-30)18-34-26-29-23-7-6-22(13-24(23)35-26)21-8-10-31(11-9-21)36(32,33)12-4-2/h6-8,13-15,20H,3-5,9-12,16-18H2,1-2H3. The smallest absolute Gasteiger partial charge is 0.274 e. The fourth-order valence-corrected chi connectivity index (χ4v) is 6.98. The lowest BCUT2D eigenvalue weighted by Crippen LogP contribution is -2.50. The number of aryl methyl sites for hydroxylation is 1. The molecule has 10 heteroatoms. The summed E-state index contributed by atoms with van der Waals surface area (Å²) in [6.07, 6.45) is 9.38. The summed E-state index contributed by atoms with van der Waals surface area (Å²) < 4.78 is 33.4. The Hall–Kier alpha value is -2.56. The topological polar surface area (TPSA) is 88.5 Å². The normalized spacial score (nSPS) is 17.3. The van der Waals surface area contributed by atoms with Crippen LogP contribution in [0.25, 0.3) is 15.8 Å². The molecule has 0 spiro atoms. The number of sulfonamides is 1. The minimum atomic E-state index is -3.15. The highest BCUT2D eigenvalue weighted by Crippen LogP contribution is 2.33. The second kappa shape index (κ2) is 10.8. The first kappa shape index (κ1) is 25.1. The molecule has 0 bridgehead atoms. The van der Waals surface area contributed by atoms with Gasteiger partial charge in [-0.05, 0) is 48.1 Å². The summed E-state index contributed by atoms with van der Waals surface area (Å²) in [6.45, 7) is 7.44. The van der Waals surface area contributed by atoms with E-state index in [9.17, 15) is 8.42 Å². The van der Waals surface area contributed by atoms with E-state index in [-0.39, 0.29) is 5.75 Å². The number of ether oxygens (including phenoxy) is 1. The molecule has 1 aromatic carbocycles. The van der Waals surface area contributed by atoms with Gasteiger partial charge < -0.3 is 9.64 Å². The summed E-state index contributed by atoms with van der Waals surface area (Å²) in [7, 11) is -3.15. The molecule has 192 valence electrons. The molecule has 1 fully saturated rings. The fraction of sp³-hybridized carbons (Fsp3) is 0.500. The summed E-state index contributed by atoms with van der Waals surface area (Å²) in [5, 5.41) is 0.690. The maximum Gasteiger partial charge on any atom is 0.274 e. The van der Waals surface area contributed by atoms with E-state index >= 15 is 0 Å². The van der Waals surface area contributed by atoms with Gasteiger partial charge in [-0.2, -0.15) is 4.31 Å². The molecule has 0 amide bonds. The van der Waals surface area contributed by atoms with Gasteiger partial charge in [0.1, 0.15) is 0 Å². The molecule has 2 aliphatic rings. The minimum absolute atomic E-state index is 0.213. The third kappa shape index (κ3) is 5.55. The maximum absolute atomic E-state index is 12.3. The van der Waals surface area contributed by atoms with Crippen LogP contribution in [0.5, 0.6) is 5.19 Å². The molecule has 1 saturated heterocycles. The first-order chi connectivity index (χ1) is 17.4. The van der Waals surface area contributed by atoms with Crippen molar-refractivity contribution in [2.24, 2.45) is 5.92 Å². The van der Waals surface area contributed by atoms with Crippen LogP contribution in [0, 0.1) is 5.92 Å². The number of fused-ring (bicyclic) bond motifs is 1. The number of thiazole rings is 1. The second-order valence-electron chi connectivity index (χ2n) is 9.54. The number of rotatable bonds is 10. The Kier molecular flexibility index (Phi) is 7.55. The van der Waals surface area contributed by atoms with E-state index in [1.165, 1.54) is 11.1 Å². The number of aromatic nitrogens is 3. The fourth-order valence-electron chi connectivity index (χ4n) is 4.67.